The predicted molar refractivity (Wildman–Crippen MR) is 93.0 cm³/mol. The Morgan fingerprint density at radius 2 is 2.42 bits per heavy atom. The molecule has 1 N–H and O–H groups in total. The minimum absolute atomic E-state index is 0.0293. The maximum absolute atomic E-state index is 12.5. The van der Waals surface area contributed by atoms with Crippen molar-refractivity contribution in [3.05, 3.63) is 52.5 Å². The Kier molecular flexibility index (Phi) is 4.60. The Balaban J connectivity index is 1.47. The molecule has 126 valence electrons. The molecule has 0 unspecified atom stereocenters. The average molecular weight is 343 g/mol. The first-order chi connectivity index (χ1) is 11.8. The number of pyridine rings is 1. The molecule has 0 aromatic carbocycles. The van der Waals surface area contributed by atoms with Gasteiger partial charge < -0.3 is 10.1 Å². The molecule has 5 nitrogen and oxygen atoms in total. The molecule has 6 heteroatoms. The number of amides is 1. The molecule has 2 aromatic rings. The number of fused-ring (bicyclic) bond motifs is 1. The van der Waals surface area contributed by atoms with E-state index in [-0.39, 0.29) is 18.1 Å². The van der Waals surface area contributed by atoms with Crippen LogP contribution < -0.4 is 5.32 Å². The fraction of sp³-hybridized carbons (Fsp3) is 0.444. The minimum Gasteiger partial charge on any atom is -0.374 e. The van der Waals surface area contributed by atoms with E-state index in [2.05, 4.69) is 32.0 Å². The molecular formula is C18H21N3O2S. The Morgan fingerprint density at radius 3 is 3.21 bits per heavy atom. The van der Waals surface area contributed by atoms with Gasteiger partial charge in [0.2, 0.25) is 0 Å². The van der Waals surface area contributed by atoms with Crippen molar-refractivity contribution < 1.29 is 9.53 Å². The van der Waals surface area contributed by atoms with Crippen LogP contribution in [-0.4, -0.2) is 47.1 Å². The summed E-state index contributed by atoms with van der Waals surface area (Å²) in [6.07, 6.45) is 5.58. The van der Waals surface area contributed by atoms with Gasteiger partial charge in [0, 0.05) is 38.1 Å². The number of carbonyl (C=O) groups excluding carboxylic acids is 1. The zero-order valence-corrected chi connectivity index (χ0v) is 14.2. The number of thiophene rings is 1. The summed E-state index contributed by atoms with van der Waals surface area (Å²) in [5.74, 6) is -0.0709. The van der Waals surface area contributed by atoms with E-state index in [1.165, 1.54) is 5.56 Å². The molecule has 4 rings (SSSR count). The number of rotatable bonds is 4. The van der Waals surface area contributed by atoms with Gasteiger partial charge in [-0.1, -0.05) is 0 Å². The Morgan fingerprint density at radius 1 is 1.46 bits per heavy atom. The second-order valence-corrected chi connectivity index (χ2v) is 7.21. The van der Waals surface area contributed by atoms with Gasteiger partial charge in [-0.3, -0.25) is 14.7 Å². The highest BCUT2D eigenvalue weighted by Crippen LogP contribution is 2.30. The third kappa shape index (κ3) is 3.22. The highest BCUT2D eigenvalue weighted by molar-refractivity contribution is 7.07. The molecule has 2 fully saturated rings. The van der Waals surface area contributed by atoms with E-state index in [9.17, 15) is 4.79 Å². The van der Waals surface area contributed by atoms with Gasteiger partial charge >= 0.3 is 0 Å². The smallest absolute Gasteiger partial charge is 0.253 e. The molecule has 1 amide bonds. The van der Waals surface area contributed by atoms with Gasteiger partial charge in [-0.05, 0) is 47.4 Å². The van der Waals surface area contributed by atoms with Crippen LogP contribution in [0.5, 0.6) is 0 Å². The molecule has 4 heterocycles. The first kappa shape index (κ1) is 15.7. The van der Waals surface area contributed by atoms with E-state index in [4.69, 9.17) is 4.74 Å². The van der Waals surface area contributed by atoms with Crippen molar-refractivity contribution in [1.82, 2.24) is 15.2 Å². The third-order valence-electron chi connectivity index (χ3n) is 4.84. The lowest BCUT2D eigenvalue weighted by Crippen LogP contribution is -2.47. The van der Waals surface area contributed by atoms with Gasteiger partial charge in [0.15, 0.2) is 0 Å². The van der Waals surface area contributed by atoms with Gasteiger partial charge in [0.25, 0.3) is 5.91 Å². The van der Waals surface area contributed by atoms with Crippen LogP contribution >= 0.6 is 11.3 Å². The van der Waals surface area contributed by atoms with E-state index in [0.717, 1.165) is 32.5 Å². The van der Waals surface area contributed by atoms with Crippen LogP contribution in [0.2, 0.25) is 0 Å². The van der Waals surface area contributed by atoms with Gasteiger partial charge in [-0.25, -0.2) is 0 Å². The topological polar surface area (TPSA) is 54.5 Å². The number of carbonyl (C=O) groups is 1. The minimum atomic E-state index is -0.0709. The molecule has 2 aliphatic rings. The predicted octanol–water partition coefficient (Wildman–Crippen LogP) is 2.30. The number of hydrogen-bond donors (Lipinski definition) is 1. The molecule has 24 heavy (non-hydrogen) atoms. The third-order valence-corrected chi connectivity index (χ3v) is 5.57. The zero-order chi connectivity index (χ0) is 16.4. The number of nitrogens with one attached hydrogen (secondary N) is 1. The SMILES string of the molecule is O=C(N[C@H]1CN(Cc2ccsc2)[C@H]2CCCO[C@@H]12)c1cccnc1. The van der Waals surface area contributed by atoms with Crippen molar-refractivity contribution in [2.45, 2.75) is 37.6 Å². The number of aromatic nitrogens is 1. The lowest BCUT2D eigenvalue weighted by molar-refractivity contribution is -0.0211. The lowest BCUT2D eigenvalue weighted by Gasteiger charge is -2.32. The molecule has 0 aliphatic carbocycles. The molecule has 3 atom stereocenters. The van der Waals surface area contributed by atoms with Crippen LogP contribution in [-0.2, 0) is 11.3 Å². The normalized spacial score (nSPS) is 26.9. The van der Waals surface area contributed by atoms with Crippen molar-refractivity contribution in [3.63, 3.8) is 0 Å². The van der Waals surface area contributed by atoms with Crippen molar-refractivity contribution in [1.29, 1.82) is 0 Å². The van der Waals surface area contributed by atoms with E-state index >= 15 is 0 Å². The van der Waals surface area contributed by atoms with Crippen molar-refractivity contribution in [2.24, 2.45) is 0 Å². The highest BCUT2D eigenvalue weighted by Gasteiger charge is 2.44. The van der Waals surface area contributed by atoms with Crippen LogP contribution in [0.3, 0.4) is 0 Å². The van der Waals surface area contributed by atoms with Crippen LogP contribution in [0, 0.1) is 0 Å². The zero-order valence-electron chi connectivity index (χ0n) is 13.4. The summed E-state index contributed by atoms with van der Waals surface area (Å²) >= 11 is 1.73. The summed E-state index contributed by atoms with van der Waals surface area (Å²) in [4.78, 5) is 19.0. The molecule has 2 aliphatic heterocycles. The van der Waals surface area contributed by atoms with Gasteiger partial charge in [-0.15, -0.1) is 0 Å². The standard InChI is InChI=1S/C18H21N3O2S/c22-18(14-3-1-6-19-9-14)20-15-11-21(10-13-5-8-24-12-13)16-4-2-7-23-17(15)16/h1,3,5-6,8-9,12,15-17H,2,4,7,10-11H2,(H,20,22)/t15-,16-,17-/m0/s1. The Bertz CT molecular complexity index is 677. The number of hydrogen-bond acceptors (Lipinski definition) is 5. The molecule has 0 bridgehead atoms. The Labute approximate surface area is 145 Å². The van der Waals surface area contributed by atoms with Crippen LogP contribution in [0.15, 0.2) is 41.4 Å². The van der Waals surface area contributed by atoms with Crippen molar-refractivity contribution >= 4 is 17.2 Å². The van der Waals surface area contributed by atoms with Crippen molar-refractivity contribution in [3.8, 4) is 0 Å². The molecule has 0 radical (unpaired) electrons. The molecule has 2 saturated heterocycles. The molecule has 0 spiro atoms. The van der Waals surface area contributed by atoms with Gasteiger partial charge in [0.05, 0.1) is 17.7 Å². The summed E-state index contributed by atoms with van der Waals surface area (Å²) in [5.41, 5.74) is 1.93. The van der Waals surface area contributed by atoms with E-state index in [0.29, 0.717) is 11.6 Å². The second-order valence-electron chi connectivity index (χ2n) is 6.43. The number of likely N-dealkylation sites (tertiary alicyclic amines) is 1. The maximum Gasteiger partial charge on any atom is 0.253 e. The number of ether oxygens (including phenoxy) is 1. The van der Waals surface area contributed by atoms with Crippen LogP contribution in [0.1, 0.15) is 28.8 Å². The molecular weight excluding hydrogens is 322 g/mol. The summed E-state index contributed by atoms with van der Waals surface area (Å²) in [6.45, 7) is 2.54. The van der Waals surface area contributed by atoms with Gasteiger partial charge in [0.1, 0.15) is 0 Å². The number of nitrogens with zero attached hydrogens (tertiary/aromatic N) is 2. The summed E-state index contributed by atoms with van der Waals surface area (Å²) in [5, 5.41) is 7.47. The van der Waals surface area contributed by atoms with E-state index in [1.54, 1.807) is 35.9 Å². The molecule has 0 saturated carbocycles. The first-order valence-corrected chi connectivity index (χ1v) is 9.33. The van der Waals surface area contributed by atoms with Crippen LogP contribution in [0.25, 0.3) is 0 Å². The Hall–Kier alpha value is -1.76. The largest absolute Gasteiger partial charge is 0.374 e. The fourth-order valence-electron chi connectivity index (χ4n) is 3.73. The quantitative estimate of drug-likeness (QED) is 0.926. The fourth-order valence-corrected chi connectivity index (χ4v) is 4.39. The van der Waals surface area contributed by atoms with E-state index < -0.39 is 0 Å². The monoisotopic (exact) mass is 343 g/mol. The average Bonchev–Trinajstić information content (AvgIpc) is 3.25. The maximum atomic E-state index is 12.5. The van der Waals surface area contributed by atoms with Crippen LogP contribution in [0.4, 0.5) is 0 Å². The first-order valence-electron chi connectivity index (χ1n) is 8.39. The van der Waals surface area contributed by atoms with E-state index in [1.807, 2.05) is 0 Å². The lowest BCUT2D eigenvalue weighted by atomic mass is 10.0. The summed E-state index contributed by atoms with van der Waals surface area (Å²) in [7, 11) is 0. The highest BCUT2D eigenvalue weighted by atomic mass is 32.1. The molecule has 2 aromatic heterocycles. The summed E-state index contributed by atoms with van der Waals surface area (Å²) < 4.78 is 6.03. The summed E-state index contributed by atoms with van der Waals surface area (Å²) in [6, 6.07) is 6.16. The van der Waals surface area contributed by atoms with Gasteiger partial charge in [-0.2, -0.15) is 11.3 Å². The second kappa shape index (κ2) is 7.01. The van der Waals surface area contributed by atoms with Crippen molar-refractivity contribution in [2.75, 3.05) is 13.2 Å².